The highest BCUT2D eigenvalue weighted by molar-refractivity contribution is 7.89. The number of benzene rings is 1. The second-order valence-corrected chi connectivity index (χ2v) is 9.90. The van der Waals surface area contributed by atoms with Gasteiger partial charge in [-0.1, -0.05) is 27.7 Å². The van der Waals surface area contributed by atoms with E-state index in [1.807, 2.05) is 27.7 Å². The molecule has 1 aromatic carbocycles. The Morgan fingerprint density at radius 1 is 1.26 bits per heavy atom. The standard InChI is InChI=1S/C19H29NO6S/c1-14(2)11-20(12-19(4,5)8-9-24-15(3)21)27(22,23)16-6-7-17-18(10-16)26-13-25-17/h6-7,10,14H,8-9,11-13H2,1-5H3. The minimum absolute atomic E-state index is 0.0950. The number of hydrogen-bond donors (Lipinski definition) is 0. The lowest BCUT2D eigenvalue weighted by Gasteiger charge is -2.33. The van der Waals surface area contributed by atoms with Gasteiger partial charge in [-0.15, -0.1) is 0 Å². The van der Waals surface area contributed by atoms with Crippen molar-refractivity contribution in [2.75, 3.05) is 26.5 Å². The molecule has 0 aliphatic carbocycles. The number of carbonyl (C=O) groups excluding carboxylic acids is 1. The summed E-state index contributed by atoms with van der Waals surface area (Å²) >= 11 is 0. The highest BCUT2D eigenvalue weighted by atomic mass is 32.2. The van der Waals surface area contributed by atoms with Gasteiger partial charge >= 0.3 is 5.97 Å². The van der Waals surface area contributed by atoms with E-state index in [0.29, 0.717) is 31.0 Å². The van der Waals surface area contributed by atoms with Crippen LogP contribution < -0.4 is 9.47 Å². The molecule has 152 valence electrons. The molecule has 1 aliphatic rings. The van der Waals surface area contributed by atoms with Crippen LogP contribution in [0.1, 0.15) is 41.0 Å². The molecule has 0 amide bonds. The van der Waals surface area contributed by atoms with Crippen molar-refractivity contribution in [2.24, 2.45) is 11.3 Å². The molecule has 0 saturated carbocycles. The molecule has 27 heavy (non-hydrogen) atoms. The maximum absolute atomic E-state index is 13.3. The molecule has 7 nitrogen and oxygen atoms in total. The molecule has 0 saturated heterocycles. The predicted octanol–water partition coefficient (Wildman–Crippen LogP) is 3.04. The van der Waals surface area contributed by atoms with Gasteiger partial charge in [0.15, 0.2) is 11.5 Å². The summed E-state index contributed by atoms with van der Waals surface area (Å²) in [5.41, 5.74) is -0.353. The molecule has 1 heterocycles. The highest BCUT2D eigenvalue weighted by Crippen LogP contribution is 2.35. The Bertz CT molecular complexity index is 772. The summed E-state index contributed by atoms with van der Waals surface area (Å²) in [6.45, 7) is 10.3. The molecule has 0 radical (unpaired) electrons. The van der Waals surface area contributed by atoms with Crippen LogP contribution in [-0.2, 0) is 19.6 Å². The smallest absolute Gasteiger partial charge is 0.302 e. The fourth-order valence-corrected chi connectivity index (χ4v) is 4.68. The van der Waals surface area contributed by atoms with Crippen molar-refractivity contribution in [2.45, 2.75) is 45.9 Å². The number of hydrogen-bond acceptors (Lipinski definition) is 6. The Morgan fingerprint density at radius 3 is 2.56 bits per heavy atom. The molecule has 0 atom stereocenters. The Balaban J connectivity index is 2.22. The first-order valence-corrected chi connectivity index (χ1v) is 10.5. The molecule has 0 unspecified atom stereocenters. The number of esters is 1. The molecule has 0 fully saturated rings. The summed E-state index contributed by atoms with van der Waals surface area (Å²) in [5.74, 6) is 0.816. The predicted molar refractivity (Wildman–Crippen MR) is 101 cm³/mol. The number of fused-ring (bicyclic) bond motifs is 1. The van der Waals surface area contributed by atoms with Crippen molar-refractivity contribution in [3.63, 3.8) is 0 Å². The van der Waals surface area contributed by atoms with E-state index in [1.165, 1.54) is 17.3 Å². The lowest BCUT2D eigenvalue weighted by Crippen LogP contribution is -2.41. The maximum Gasteiger partial charge on any atom is 0.302 e. The van der Waals surface area contributed by atoms with Crippen LogP contribution in [0.5, 0.6) is 11.5 Å². The van der Waals surface area contributed by atoms with Crippen molar-refractivity contribution in [1.82, 2.24) is 4.31 Å². The highest BCUT2D eigenvalue weighted by Gasteiger charge is 2.32. The summed E-state index contributed by atoms with van der Waals surface area (Å²) in [4.78, 5) is 11.2. The molecule has 1 aromatic rings. The van der Waals surface area contributed by atoms with E-state index >= 15 is 0 Å². The average Bonchev–Trinajstić information content (AvgIpc) is 3.00. The molecule has 0 bridgehead atoms. The molecule has 8 heteroatoms. The number of carbonyl (C=O) groups is 1. The summed E-state index contributed by atoms with van der Waals surface area (Å²) in [6, 6.07) is 4.67. The number of nitrogens with zero attached hydrogens (tertiary/aromatic N) is 1. The van der Waals surface area contributed by atoms with Crippen LogP contribution in [0.2, 0.25) is 0 Å². The molecule has 0 N–H and O–H groups in total. The second kappa shape index (κ2) is 8.48. The zero-order valence-electron chi connectivity index (χ0n) is 16.6. The number of sulfonamides is 1. The van der Waals surface area contributed by atoms with Gasteiger partial charge in [-0.25, -0.2) is 8.42 Å². The summed E-state index contributed by atoms with van der Waals surface area (Å²) in [5, 5.41) is 0. The van der Waals surface area contributed by atoms with Gasteiger partial charge in [-0.3, -0.25) is 4.79 Å². The zero-order valence-corrected chi connectivity index (χ0v) is 17.5. The average molecular weight is 400 g/mol. The van der Waals surface area contributed by atoms with Gasteiger partial charge in [0.2, 0.25) is 16.8 Å². The first-order chi connectivity index (χ1) is 12.5. The summed E-state index contributed by atoms with van der Waals surface area (Å²) in [7, 11) is -3.70. The van der Waals surface area contributed by atoms with E-state index in [-0.39, 0.29) is 35.6 Å². The normalized spacial score (nSPS) is 14.0. The van der Waals surface area contributed by atoms with Gasteiger partial charge in [0.1, 0.15) is 0 Å². The van der Waals surface area contributed by atoms with Gasteiger partial charge in [0.25, 0.3) is 0 Å². The van der Waals surface area contributed by atoms with Gasteiger partial charge < -0.3 is 14.2 Å². The Kier molecular flexibility index (Phi) is 6.75. The fraction of sp³-hybridized carbons (Fsp3) is 0.632. The van der Waals surface area contributed by atoms with Crippen molar-refractivity contribution in [1.29, 1.82) is 0 Å². The number of ether oxygens (including phenoxy) is 3. The third kappa shape index (κ3) is 5.84. The Hall–Kier alpha value is -1.80. The lowest BCUT2D eigenvalue weighted by molar-refractivity contribution is -0.141. The quantitative estimate of drug-likeness (QED) is 0.594. The van der Waals surface area contributed by atoms with Crippen LogP contribution in [0.3, 0.4) is 0 Å². The first kappa shape index (κ1) is 21.5. The minimum Gasteiger partial charge on any atom is -0.466 e. The van der Waals surface area contributed by atoms with Crippen LogP contribution in [0.4, 0.5) is 0 Å². The van der Waals surface area contributed by atoms with E-state index in [2.05, 4.69) is 0 Å². The van der Waals surface area contributed by atoms with Gasteiger partial charge in [-0.2, -0.15) is 4.31 Å². The Labute approximate surface area is 161 Å². The summed E-state index contributed by atoms with van der Waals surface area (Å²) in [6.07, 6.45) is 0.567. The van der Waals surface area contributed by atoms with E-state index in [9.17, 15) is 13.2 Å². The van der Waals surface area contributed by atoms with Gasteiger partial charge in [-0.05, 0) is 29.9 Å². The van der Waals surface area contributed by atoms with E-state index in [0.717, 1.165) is 0 Å². The minimum atomic E-state index is -3.70. The lowest BCUT2D eigenvalue weighted by atomic mass is 9.89. The largest absolute Gasteiger partial charge is 0.466 e. The van der Waals surface area contributed by atoms with Crippen LogP contribution >= 0.6 is 0 Å². The van der Waals surface area contributed by atoms with Gasteiger partial charge in [0, 0.05) is 26.1 Å². The zero-order chi connectivity index (χ0) is 20.2. The van der Waals surface area contributed by atoms with Crippen molar-refractivity contribution < 1.29 is 27.4 Å². The SMILES string of the molecule is CC(=O)OCCC(C)(C)CN(CC(C)C)S(=O)(=O)c1ccc2c(c1)OCO2. The fourth-order valence-electron chi connectivity index (χ4n) is 2.87. The van der Waals surface area contributed by atoms with Crippen molar-refractivity contribution in [3.05, 3.63) is 18.2 Å². The van der Waals surface area contributed by atoms with E-state index in [1.54, 1.807) is 12.1 Å². The summed E-state index contributed by atoms with van der Waals surface area (Å²) < 4.78 is 43.7. The number of rotatable bonds is 9. The van der Waals surface area contributed by atoms with Crippen LogP contribution in [-0.4, -0.2) is 45.2 Å². The van der Waals surface area contributed by atoms with Crippen LogP contribution in [0.15, 0.2) is 23.1 Å². The van der Waals surface area contributed by atoms with Gasteiger partial charge in [0.05, 0.1) is 11.5 Å². The topological polar surface area (TPSA) is 82.1 Å². The Morgan fingerprint density at radius 2 is 1.93 bits per heavy atom. The molecule has 0 spiro atoms. The first-order valence-electron chi connectivity index (χ1n) is 9.04. The molecular weight excluding hydrogens is 370 g/mol. The third-order valence-electron chi connectivity index (χ3n) is 4.24. The molecule has 1 aliphatic heterocycles. The molecular formula is C19H29NO6S. The maximum atomic E-state index is 13.3. The van der Waals surface area contributed by atoms with Crippen molar-refractivity contribution in [3.8, 4) is 11.5 Å². The third-order valence-corrected chi connectivity index (χ3v) is 6.05. The van der Waals surface area contributed by atoms with E-state index < -0.39 is 10.0 Å². The molecule has 2 rings (SSSR count). The monoisotopic (exact) mass is 399 g/mol. The van der Waals surface area contributed by atoms with Crippen LogP contribution in [0, 0.1) is 11.3 Å². The second-order valence-electron chi connectivity index (χ2n) is 7.96. The van der Waals surface area contributed by atoms with Crippen LogP contribution in [0.25, 0.3) is 0 Å². The molecule has 0 aromatic heterocycles. The van der Waals surface area contributed by atoms with Crippen molar-refractivity contribution >= 4 is 16.0 Å². The van der Waals surface area contributed by atoms with E-state index in [4.69, 9.17) is 14.2 Å².